The number of allylic oxidation sites excluding steroid dienone is 1. The topological polar surface area (TPSA) is 66.8 Å². The molecular weight excluding hydrogens is 376 g/mol. The van der Waals surface area contributed by atoms with Gasteiger partial charge in [-0.05, 0) is 73.0 Å². The molecule has 2 saturated carbocycles. The Morgan fingerprint density at radius 3 is 2.30 bits per heavy atom. The maximum absolute atomic E-state index is 12.4. The van der Waals surface area contributed by atoms with E-state index < -0.39 is 6.10 Å². The Labute approximate surface area is 182 Å². The second kappa shape index (κ2) is 6.81. The Morgan fingerprint density at radius 2 is 1.67 bits per heavy atom. The summed E-state index contributed by atoms with van der Waals surface area (Å²) < 4.78 is 5.09. The summed E-state index contributed by atoms with van der Waals surface area (Å²) in [7, 11) is 1.47. The number of rotatable bonds is 2. The minimum absolute atomic E-state index is 0.0493. The third kappa shape index (κ3) is 2.56. The Balaban J connectivity index is 1.80. The molecule has 4 rings (SSSR count). The van der Waals surface area contributed by atoms with E-state index in [0.717, 1.165) is 38.5 Å². The molecule has 2 N–H and O–H groups in total. The normalized spacial score (nSPS) is 48.4. The first-order chi connectivity index (χ1) is 13.9. The van der Waals surface area contributed by atoms with Crippen LogP contribution in [0, 0.1) is 39.4 Å². The second-order valence-electron chi connectivity index (χ2n) is 12.1. The molecule has 0 aliphatic heterocycles. The average Bonchev–Trinajstić information content (AvgIpc) is 2.98. The minimum atomic E-state index is -0.452. The molecule has 0 aromatic carbocycles. The number of hydrogen-bond donors (Lipinski definition) is 2. The third-order valence-corrected chi connectivity index (χ3v) is 11.0. The Kier molecular flexibility index (Phi) is 5.07. The van der Waals surface area contributed by atoms with Crippen LogP contribution < -0.4 is 0 Å². The van der Waals surface area contributed by atoms with Crippen molar-refractivity contribution in [1.82, 2.24) is 0 Å². The third-order valence-electron chi connectivity index (χ3n) is 11.0. The highest BCUT2D eigenvalue weighted by atomic mass is 16.5. The molecule has 0 spiro atoms. The predicted octanol–water partition coefficient (Wildman–Crippen LogP) is 4.88. The first-order valence-corrected chi connectivity index (χ1v) is 12.0. The maximum Gasteiger partial charge on any atom is 0.308 e. The van der Waals surface area contributed by atoms with Gasteiger partial charge >= 0.3 is 5.97 Å². The minimum Gasteiger partial charge on any atom is -0.469 e. The van der Waals surface area contributed by atoms with Crippen molar-refractivity contribution in [2.75, 3.05) is 7.11 Å². The van der Waals surface area contributed by atoms with Crippen molar-refractivity contribution >= 4 is 5.97 Å². The second-order valence-corrected chi connectivity index (χ2v) is 12.1. The molecule has 0 amide bonds. The van der Waals surface area contributed by atoms with E-state index in [-0.39, 0.29) is 45.6 Å². The fourth-order valence-electron chi connectivity index (χ4n) is 8.88. The van der Waals surface area contributed by atoms with Crippen LogP contribution in [0.1, 0.15) is 86.5 Å². The molecular formula is C26H42O4. The lowest BCUT2D eigenvalue weighted by atomic mass is 9.42. The van der Waals surface area contributed by atoms with Crippen molar-refractivity contribution in [3.8, 4) is 0 Å². The van der Waals surface area contributed by atoms with Crippen molar-refractivity contribution in [3.05, 3.63) is 11.1 Å². The lowest BCUT2D eigenvalue weighted by Gasteiger charge is -2.63. The number of aliphatic hydroxyl groups is 2. The van der Waals surface area contributed by atoms with Gasteiger partial charge in [-0.3, -0.25) is 4.79 Å². The summed E-state index contributed by atoms with van der Waals surface area (Å²) in [6.07, 6.45) is 6.01. The van der Waals surface area contributed by atoms with Crippen molar-refractivity contribution in [2.24, 2.45) is 39.4 Å². The van der Waals surface area contributed by atoms with Gasteiger partial charge in [-0.15, -0.1) is 0 Å². The molecule has 30 heavy (non-hydrogen) atoms. The number of esters is 1. The molecule has 0 saturated heterocycles. The van der Waals surface area contributed by atoms with Gasteiger partial charge in [0.25, 0.3) is 0 Å². The molecule has 0 bridgehead atoms. The van der Waals surface area contributed by atoms with Gasteiger partial charge in [0, 0.05) is 5.41 Å². The molecule has 2 fully saturated rings. The zero-order valence-corrected chi connectivity index (χ0v) is 20.0. The van der Waals surface area contributed by atoms with Gasteiger partial charge in [-0.2, -0.15) is 0 Å². The lowest BCUT2D eigenvalue weighted by Crippen LogP contribution is -2.58. The van der Waals surface area contributed by atoms with Crippen molar-refractivity contribution in [2.45, 2.75) is 98.7 Å². The summed E-state index contributed by atoms with van der Waals surface area (Å²) >= 11 is 0. The number of ether oxygens (including phenoxy) is 1. The van der Waals surface area contributed by atoms with Gasteiger partial charge in [0.05, 0.1) is 25.2 Å². The Morgan fingerprint density at radius 1 is 1.00 bits per heavy atom. The van der Waals surface area contributed by atoms with E-state index in [0.29, 0.717) is 12.3 Å². The highest BCUT2D eigenvalue weighted by molar-refractivity contribution is 5.72. The van der Waals surface area contributed by atoms with Crippen molar-refractivity contribution in [3.63, 3.8) is 0 Å². The average molecular weight is 419 g/mol. The molecule has 4 heteroatoms. The summed E-state index contributed by atoms with van der Waals surface area (Å²) in [5.41, 5.74) is 2.61. The van der Waals surface area contributed by atoms with Crippen LogP contribution >= 0.6 is 0 Å². The van der Waals surface area contributed by atoms with E-state index in [1.165, 1.54) is 12.7 Å². The monoisotopic (exact) mass is 418 g/mol. The van der Waals surface area contributed by atoms with Crippen LogP contribution in [0.5, 0.6) is 0 Å². The molecule has 0 radical (unpaired) electrons. The zero-order valence-electron chi connectivity index (χ0n) is 20.0. The first-order valence-electron chi connectivity index (χ1n) is 12.0. The fraction of sp³-hybridized carbons (Fsp3) is 0.885. The zero-order chi connectivity index (χ0) is 22.3. The maximum atomic E-state index is 12.4. The van der Waals surface area contributed by atoms with E-state index in [4.69, 9.17) is 4.74 Å². The number of carbonyl (C=O) groups excluding carboxylic acids is 1. The smallest absolute Gasteiger partial charge is 0.308 e. The number of aliphatic hydroxyl groups excluding tert-OH is 2. The van der Waals surface area contributed by atoms with E-state index in [2.05, 4.69) is 34.6 Å². The molecule has 8 unspecified atom stereocenters. The molecule has 0 heterocycles. The standard InChI is InChI=1S/C26H42O4/c1-15(22(29)30-7)16-10-13-25(5)17-8-9-19-23(2,3)20(27)11-12-24(19,4)18(17)14-21(28)26(16,25)6/h15-16,19-21,27-28H,8-14H2,1-7H3. The van der Waals surface area contributed by atoms with E-state index >= 15 is 0 Å². The van der Waals surface area contributed by atoms with E-state index in [1.807, 2.05) is 6.92 Å². The van der Waals surface area contributed by atoms with Crippen molar-refractivity contribution in [1.29, 1.82) is 0 Å². The van der Waals surface area contributed by atoms with Gasteiger partial charge in [-0.1, -0.05) is 52.7 Å². The molecule has 8 atom stereocenters. The first kappa shape index (κ1) is 22.3. The molecule has 4 aliphatic carbocycles. The van der Waals surface area contributed by atoms with Gasteiger partial charge in [0.1, 0.15) is 0 Å². The largest absolute Gasteiger partial charge is 0.469 e. The van der Waals surface area contributed by atoms with Crippen LogP contribution in [0.3, 0.4) is 0 Å². The lowest BCUT2D eigenvalue weighted by molar-refractivity contribution is -0.153. The summed E-state index contributed by atoms with van der Waals surface area (Å²) in [5.74, 6) is 0.221. The highest BCUT2D eigenvalue weighted by Gasteiger charge is 2.66. The molecule has 4 aliphatic rings. The summed E-state index contributed by atoms with van der Waals surface area (Å²) in [6, 6.07) is 0. The highest BCUT2D eigenvalue weighted by Crippen LogP contribution is 2.72. The summed E-state index contributed by atoms with van der Waals surface area (Å²) in [4.78, 5) is 12.4. The van der Waals surface area contributed by atoms with Crippen LogP contribution in [0.25, 0.3) is 0 Å². The van der Waals surface area contributed by atoms with Gasteiger partial charge < -0.3 is 14.9 Å². The Bertz CT molecular complexity index is 769. The molecule has 0 aromatic rings. The van der Waals surface area contributed by atoms with Crippen LogP contribution in [0.2, 0.25) is 0 Å². The van der Waals surface area contributed by atoms with E-state index in [1.54, 1.807) is 5.57 Å². The van der Waals surface area contributed by atoms with Gasteiger partial charge in [-0.25, -0.2) is 0 Å². The number of hydrogen-bond acceptors (Lipinski definition) is 4. The molecule has 0 aromatic heterocycles. The quantitative estimate of drug-likeness (QED) is 0.496. The summed E-state index contributed by atoms with van der Waals surface area (Å²) in [6.45, 7) is 13.5. The van der Waals surface area contributed by atoms with E-state index in [9.17, 15) is 15.0 Å². The van der Waals surface area contributed by atoms with Crippen LogP contribution in [0.15, 0.2) is 11.1 Å². The number of fused-ring (bicyclic) bond motifs is 4. The fourth-order valence-corrected chi connectivity index (χ4v) is 8.88. The van der Waals surface area contributed by atoms with Gasteiger partial charge in [0.15, 0.2) is 0 Å². The van der Waals surface area contributed by atoms with Crippen molar-refractivity contribution < 1.29 is 19.7 Å². The Hall–Kier alpha value is -0.870. The molecule has 4 nitrogen and oxygen atoms in total. The van der Waals surface area contributed by atoms with Crippen LogP contribution in [0.4, 0.5) is 0 Å². The molecule has 170 valence electrons. The SMILES string of the molecule is COC(=O)C(C)C1CCC2(C)C3=C(CC(O)C12C)C1(C)CCC(O)C(C)(C)C1CC3. The number of carbonyl (C=O) groups is 1. The predicted molar refractivity (Wildman–Crippen MR) is 118 cm³/mol. The summed E-state index contributed by atoms with van der Waals surface area (Å²) in [5, 5.41) is 22.4. The van der Waals surface area contributed by atoms with Crippen LogP contribution in [-0.4, -0.2) is 35.5 Å². The van der Waals surface area contributed by atoms with Gasteiger partial charge in [0.2, 0.25) is 0 Å². The number of methoxy groups -OCH3 is 1. The van der Waals surface area contributed by atoms with Crippen LogP contribution in [-0.2, 0) is 9.53 Å².